The van der Waals surface area contributed by atoms with E-state index in [1.807, 2.05) is 69.3 Å². The molecule has 1 aliphatic rings. The van der Waals surface area contributed by atoms with Gasteiger partial charge in [-0.1, -0.05) is 12.1 Å². The molecule has 8 heteroatoms. The van der Waals surface area contributed by atoms with Crippen LogP contribution in [-0.4, -0.2) is 42.3 Å². The minimum atomic E-state index is -0.277. The molecule has 0 atom stereocenters. The van der Waals surface area contributed by atoms with E-state index in [0.29, 0.717) is 24.7 Å². The van der Waals surface area contributed by atoms with Crippen LogP contribution in [0.2, 0.25) is 0 Å². The first-order chi connectivity index (χ1) is 15.5. The Morgan fingerprint density at radius 3 is 2.38 bits per heavy atom. The highest BCUT2D eigenvalue weighted by atomic mass is 16.5. The van der Waals surface area contributed by atoms with Gasteiger partial charge in [0.1, 0.15) is 17.5 Å². The predicted molar refractivity (Wildman–Crippen MR) is 128 cm³/mol. The highest BCUT2D eigenvalue weighted by molar-refractivity contribution is 6.00. The van der Waals surface area contributed by atoms with Gasteiger partial charge in [-0.3, -0.25) is 0 Å². The van der Waals surface area contributed by atoms with Gasteiger partial charge in [0.25, 0.3) is 0 Å². The first kappa shape index (κ1) is 21.6. The third-order valence-corrected chi connectivity index (χ3v) is 5.22. The minimum Gasteiger partial charge on any atom is -0.378 e. The molecule has 0 bridgehead atoms. The first-order valence-corrected chi connectivity index (χ1v) is 10.7. The number of amides is 2. The number of ether oxygens (including phenoxy) is 1. The molecule has 2 aromatic carbocycles. The van der Waals surface area contributed by atoms with Crippen molar-refractivity contribution >= 4 is 34.7 Å². The molecule has 0 saturated carbocycles. The number of benzene rings is 2. The van der Waals surface area contributed by atoms with Crippen molar-refractivity contribution in [2.75, 3.05) is 47.2 Å². The summed E-state index contributed by atoms with van der Waals surface area (Å²) in [7, 11) is 0. The normalized spacial score (nSPS) is 13.5. The lowest BCUT2D eigenvalue weighted by atomic mass is 10.1. The van der Waals surface area contributed by atoms with E-state index in [0.717, 1.165) is 47.2 Å². The van der Waals surface area contributed by atoms with E-state index in [-0.39, 0.29) is 6.03 Å². The fourth-order valence-electron chi connectivity index (χ4n) is 3.51. The van der Waals surface area contributed by atoms with Gasteiger partial charge in [-0.05, 0) is 62.2 Å². The number of aromatic nitrogens is 2. The monoisotopic (exact) mass is 432 g/mol. The van der Waals surface area contributed by atoms with E-state index in [1.54, 1.807) is 0 Å². The summed E-state index contributed by atoms with van der Waals surface area (Å²) >= 11 is 0. The van der Waals surface area contributed by atoms with Crippen molar-refractivity contribution in [3.63, 3.8) is 0 Å². The number of nitrogens with one attached hydrogen (secondary N) is 3. The zero-order valence-corrected chi connectivity index (χ0v) is 18.6. The van der Waals surface area contributed by atoms with Crippen molar-refractivity contribution in [3.8, 4) is 0 Å². The summed E-state index contributed by atoms with van der Waals surface area (Å²) in [5.74, 6) is 2.33. The van der Waals surface area contributed by atoms with Crippen LogP contribution in [-0.2, 0) is 4.74 Å². The Morgan fingerprint density at radius 2 is 1.62 bits per heavy atom. The topological polar surface area (TPSA) is 91.4 Å². The molecule has 8 nitrogen and oxygen atoms in total. The van der Waals surface area contributed by atoms with Crippen molar-refractivity contribution < 1.29 is 9.53 Å². The van der Waals surface area contributed by atoms with Gasteiger partial charge in [0.2, 0.25) is 0 Å². The number of morpholine rings is 1. The van der Waals surface area contributed by atoms with Gasteiger partial charge in [-0.2, -0.15) is 0 Å². The first-order valence-electron chi connectivity index (χ1n) is 10.7. The Hall–Kier alpha value is -3.65. The minimum absolute atomic E-state index is 0.277. The van der Waals surface area contributed by atoms with Crippen LogP contribution in [0.25, 0.3) is 0 Å². The zero-order chi connectivity index (χ0) is 22.5. The summed E-state index contributed by atoms with van der Waals surface area (Å²) < 4.78 is 5.43. The van der Waals surface area contributed by atoms with E-state index in [1.165, 1.54) is 0 Å². The fourth-order valence-corrected chi connectivity index (χ4v) is 3.51. The maximum atomic E-state index is 12.4. The van der Waals surface area contributed by atoms with Crippen LogP contribution >= 0.6 is 0 Å². The molecular formula is C24H28N6O2. The molecule has 166 valence electrons. The molecule has 2 heterocycles. The third-order valence-electron chi connectivity index (χ3n) is 5.22. The average molecular weight is 433 g/mol. The standard InChI is InChI=1S/C24H28N6O2/c1-16-4-5-17(2)21(14-16)29-24(31)28-20-8-6-19(7-9-20)27-22-15-23(26-18(3)25-22)30-10-12-32-13-11-30/h4-9,14-15H,10-13H2,1-3H3,(H,25,26,27)(H2,28,29,31). The lowest BCUT2D eigenvalue weighted by molar-refractivity contribution is 0.122. The lowest BCUT2D eigenvalue weighted by Crippen LogP contribution is -2.36. The van der Waals surface area contributed by atoms with E-state index in [9.17, 15) is 4.79 Å². The number of hydrogen-bond acceptors (Lipinski definition) is 6. The van der Waals surface area contributed by atoms with E-state index < -0.39 is 0 Å². The quantitative estimate of drug-likeness (QED) is 0.545. The van der Waals surface area contributed by atoms with Crippen LogP contribution in [0, 0.1) is 20.8 Å². The Balaban J connectivity index is 1.39. The van der Waals surface area contributed by atoms with E-state index in [4.69, 9.17) is 4.74 Å². The molecule has 0 aliphatic carbocycles. The van der Waals surface area contributed by atoms with Crippen molar-refractivity contribution in [3.05, 3.63) is 65.5 Å². The van der Waals surface area contributed by atoms with Gasteiger partial charge in [0, 0.05) is 36.2 Å². The molecule has 0 spiro atoms. The van der Waals surface area contributed by atoms with Crippen molar-refractivity contribution in [1.29, 1.82) is 0 Å². The van der Waals surface area contributed by atoms with Crippen LogP contribution < -0.4 is 20.9 Å². The molecule has 1 saturated heterocycles. The number of anilines is 5. The van der Waals surface area contributed by atoms with Crippen LogP contribution in [0.4, 0.5) is 33.5 Å². The zero-order valence-electron chi connectivity index (χ0n) is 18.6. The van der Waals surface area contributed by atoms with E-state index >= 15 is 0 Å². The Kier molecular flexibility index (Phi) is 6.51. The molecule has 2 amide bonds. The molecule has 0 unspecified atom stereocenters. The van der Waals surface area contributed by atoms with Crippen LogP contribution in [0.1, 0.15) is 17.0 Å². The molecule has 4 rings (SSSR count). The van der Waals surface area contributed by atoms with Gasteiger partial charge >= 0.3 is 6.03 Å². The number of carbonyl (C=O) groups excluding carboxylic acids is 1. The molecule has 1 aromatic heterocycles. The van der Waals surface area contributed by atoms with Crippen LogP contribution in [0.5, 0.6) is 0 Å². The van der Waals surface area contributed by atoms with Crippen molar-refractivity contribution in [1.82, 2.24) is 9.97 Å². The number of hydrogen-bond donors (Lipinski definition) is 3. The average Bonchev–Trinajstić information content (AvgIpc) is 2.78. The fraction of sp³-hybridized carbons (Fsp3) is 0.292. The summed E-state index contributed by atoms with van der Waals surface area (Å²) in [4.78, 5) is 23.6. The second-order valence-corrected chi connectivity index (χ2v) is 7.86. The summed E-state index contributed by atoms with van der Waals surface area (Å²) in [5.41, 5.74) is 4.48. The number of nitrogens with zero attached hydrogens (tertiary/aromatic N) is 3. The molecule has 3 aromatic rings. The number of aryl methyl sites for hydroxylation is 3. The van der Waals surface area contributed by atoms with Gasteiger partial charge in [0.05, 0.1) is 13.2 Å². The Bertz CT molecular complexity index is 1090. The summed E-state index contributed by atoms with van der Waals surface area (Å²) in [6, 6.07) is 15.1. The highest BCUT2D eigenvalue weighted by Gasteiger charge is 2.14. The second kappa shape index (κ2) is 9.65. The smallest absolute Gasteiger partial charge is 0.323 e. The maximum absolute atomic E-state index is 12.4. The number of rotatable bonds is 5. The Labute approximate surface area is 188 Å². The summed E-state index contributed by atoms with van der Waals surface area (Å²) in [5, 5.41) is 9.09. The number of carbonyl (C=O) groups is 1. The molecule has 3 N–H and O–H groups in total. The van der Waals surface area contributed by atoms with Gasteiger partial charge in [0.15, 0.2) is 0 Å². The van der Waals surface area contributed by atoms with Crippen molar-refractivity contribution in [2.45, 2.75) is 20.8 Å². The third kappa shape index (κ3) is 5.53. The van der Waals surface area contributed by atoms with Gasteiger partial charge in [-0.15, -0.1) is 0 Å². The summed E-state index contributed by atoms with van der Waals surface area (Å²) in [6.45, 7) is 8.90. The molecule has 32 heavy (non-hydrogen) atoms. The molecule has 1 aliphatic heterocycles. The SMILES string of the molecule is Cc1ccc(C)c(NC(=O)Nc2ccc(Nc3cc(N4CCOCC4)nc(C)n3)cc2)c1. The number of urea groups is 1. The van der Waals surface area contributed by atoms with Gasteiger partial charge < -0.3 is 25.6 Å². The van der Waals surface area contributed by atoms with Crippen LogP contribution in [0.15, 0.2) is 48.5 Å². The van der Waals surface area contributed by atoms with Crippen LogP contribution in [0.3, 0.4) is 0 Å². The molecular weight excluding hydrogens is 404 g/mol. The maximum Gasteiger partial charge on any atom is 0.323 e. The summed E-state index contributed by atoms with van der Waals surface area (Å²) in [6.07, 6.45) is 0. The lowest BCUT2D eigenvalue weighted by Gasteiger charge is -2.28. The van der Waals surface area contributed by atoms with E-state index in [2.05, 4.69) is 30.8 Å². The van der Waals surface area contributed by atoms with Crippen molar-refractivity contribution in [2.24, 2.45) is 0 Å². The molecule has 0 radical (unpaired) electrons. The predicted octanol–water partition coefficient (Wildman–Crippen LogP) is 4.63. The Morgan fingerprint density at radius 1 is 0.906 bits per heavy atom. The molecule has 1 fully saturated rings. The van der Waals surface area contributed by atoms with Gasteiger partial charge in [-0.25, -0.2) is 14.8 Å². The second-order valence-electron chi connectivity index (χ2n) is 7.86. The largest absolute Gasteiger partial charge is 0.378 e. The highest BCUT2D eigenvalue weighted by Crippen LogP contribution is 2.22.